The highest BCUT2D eigenvalue weighted by atomic mass is 19.1. The minimum absolute atomic E-state index is 0.192. The average molecular weight is 136 g/mol. The number of aliphatic hydroxyl groups excluding tert-OH is 2. The van der Waals surface area contributed by atoms with Gasteiger partial charge in [0.1, 0.15) is 12.8 Å². The van der Waals surface area contributed by atoms with Gasteiger partial charge >= 0.3 is 0 Å². The molecule has 1 saturated heterocycles. The summed E-state index contributed by atoms with van der Waals surface area (Å²) < 4.78 is 16.3. The first-order valence-corrected chi connectivity index (χ1v) is 2.81. The lowest BCUT2D eigenvalue weighted by Gasteiger charge is -2.04. The van der Waals surface area contributed by atoms with Crippen LogP contribution in [0, 0.1) is 0 Å². The molecule has 4 heteroatoms. The molecule has 0 aromatic rings. The van der Waals surface area contributed by atoms with Gasteiger partial charge in [-0.2, -0.15) is 0 Å². The van der Waals surface area contributed by atoms with E-state index in [2.05, 4.69) is 4.74 Å². The van der Waals surface area contributed by atoms with Crippen molar-refractivity contribution in [2.45, 2.75) is 24.9 Å². The number of ether oxygens (including phenoxy) is 1. The quantitative estimate of drug-likeness (QED) is 0.507. The van der Waals surface area contributed by atoms with E-state index in [9.17, 15) is 4.39 Å². The molecule has 0 aromatic heterocycles. The normalized spacial score (nSPS) is 43.7. The Labute approximate surface area is 52.1 Å². The van der Waals surface area contributed by atoms with E-state index in [1.54, 1.807) is 0 Å². The lowest BCUT2D eigenvalue weighted by Crippen LogP contribution is -2.19. The van der Waals surface area contributed by atoms with Gasteiger partial charge in [-0.25, -0.2) is 4.39 Å². The van der Waals surface area contributed by atoms with Crippen LogP contribution in [0.4, 0.5) is 4.39 Å². The second kappa shape index (κ2) is 2.60. The van der Waals surface area contributed by atoms with E-state index in [0.717, 1.165) is 0 Å². The van der Waals surface area contributed by atoms with Crippen molar-refractivity contribution in [1.82, 2.24) is 0 Å². The van der Waals surface area contributed by atoms with Gasteiger partial charge in [-0.15, -0.1) is 0 Å². The van der Waals surface area contributed by atoms with Crippen LogP contribution in [0.1, 0.15) is 6.42 Å². The van der Waals surface area contributed by atoms with E-state index in [4.69, 9.17) is 10.2 Å². The maximum Gasteiger partial charge on any atom is 0.181 e. The summed E-state index contributed by atoms with van der Waals surface area (Å²) >= 11 is 0. The van der Waals surface area contributed by atoms with Crippen molar-refractivity contribution in [3.8, 4) is 0 Å². The fourth-order valence-corrected chi connectivity index (χ4v) is 0.829. The van der Waals surface area contributed by atoms with E-state index in [0.29, 0.717) is 0 Å². The van der Waals surface area contributed by atoms with Crippen molar-refractivity contribution in [1.29, 1.82) is 0 Å². The van der Waals surface area contributed by atoms with Crippen LogP contribution in [-0.4, -0.2) is 35.4 Å². The summed E-state index contributed by atoms with van der Waals surface area (Å²) in [5, 5.41) is 17.4. The van der Waals surface area contributed by atoms with Gasteiger partial charge in [0, 0.05) is 6.42 Å². The Balaban J connectivity index is 2.35. The summed E-state index contributed by atoms with van der Waals surface area (Å²) in [5.74, 6) is 0. The first-order chi connectivity index (χ1) is 4.24. The third-order valence-corrected chi connectivity index (χ3v) is 1.34. The van der Waals surface area contributed by atoms with Crippen molar-refractivity contribution in [2.75, 3.05) is 6.67 Å². The van der Waals surface area contributed by atoms with Crippen LogP contribution < -0.4 is 0 Å². The smallest absolute Gasteiger partial charge is 0.181 e. The second-order valence-corrected chi connectivity index (χ2v) is 2.11. The summed E-state index contributed by atoms with van der Waals surface area (Å²) in [7, 11) is 0. The molecule has 1 rings (SSSR count). The van der Waals surface area contributed by atoms with E-state index >= 15 is 0 Å². The zero-order valence-electron chi connectivity index (χ0n) is 4.83. The van der Waals surface area contributed by atoms with Gasteiger partial charge in [-0.05, 0) is 0 Å². The molecule has 2 N–H and O–H groups in total. The summed E-state index contributed by atoms with van der Waals surface area (Å²) in [4.78, 5) is 0. The molecule has 0 aliphatic carbocycles. The molecule has 1 aliphatic rings. The third kappa shape index (κ3) is 1.38. The fourth-order valence-electron chi connectivity index (χ4n) is 0.829. The largest absolute Gasteiger partial charge is 0.388 e. The first kappa shape index (κ1) is 6.92. The van der Waals surface area contributed by atoms with Gasteiger partial charge in [-0.1, -0.05) is 0 Å². The molecule has 1 fully saturated rings. The molecule has 54 valence electrons. The summed E-state index contributed by atoms with van der Waals surface area (Å²) in [6.45, 7) is -0.645. The lowest BCUT2D eigenvalue weighted by molar-refractivity contribution is -0.129. The zero-order chi connectivity index (χ0) is 6.85. The highest BCUT2D eigenvalue weighted by Crippen LogP contribution is 2.18. The SMILES string of the molecule is OC1OC(CF)C[C@H]1O. The number of alkyl halides is 1. The molecule has 1 heterocycles. The van der Waals surface area contributed by atoms with Gasteiger partial charge in [-0.3, -0.25) is 0 Å². The fraction of sp³-hybridized carbons (Fsp3) is 1.00. The monoisotopic (exact) mass is 136 g/mol. The third-order valence-electron chi connectivity index (χ3n) is 1.34. The van der Waals surface area contributed by atoms with Crippen LogP contribution in [0.3, 0.4) is 0 Å². The molecule has 2 unspecified atom stereocenters. The molecule has 9 heavy (non-hydrogen) atoms. The summed E-state index contributed by atoms with van der Waals surface area (Å²) in [5.41, 5.74) is 0. The Hall–Kier alpha value is -0.190. The van der Waals surface area contributed by atoms with E-state index < -0.39 is 25.2 Å². The Morgan fingerprint density at radius 2 is 2.22 bits per heavy atom. The Bertz CT molecular complexity index is 88.2. The maximum absolute atomic E-state index is 11.7. The highest BCUT2D eigenvalue weighted by Gasteiger charge is 2.31. The topological polar surface area (TPSA) is 49.7 Å². The number of hydrogen-bond acceptors (Lipinski definition) is 3. The second-order valence-electron chi connectivity index (χ2n) is 2.11. The maximum atomic E-state index is 11.7. The van der Waals surface area contributed by atoms with Crippen LogP contribution in [0.15, 0.2) is 0 Å². The summed E-state index contributed by atoms with van der Waals surface area (Å²) in [6.07, 6.45) is -2.52. The van der Waals surface area contributed by atoms with Crippen LogP contribution in [0.5, 0.6) is 0 Å². The van der Waals surface area contributed by atoms with Crippen molar-refractivity contribution in [3.63, 3.8) is 0 Å². The van der Waals surface area contributed by atoms with E-state index in [1.165, 1.54) is 0 Å². The minimum atomic E-state index is -1.19. The zero-order valence-corrected chi connectivity index (χ0v) is 4.83. The van der Waals surface area contributed by atoms with Crippen LogP contribution >= 0.6 is 0 Å². The molecule has 0 radical (unpaired) electrons. The average Bonchev–Trinajstić information content (AvgIpc) is 2.13. The Morgan fingerprint density at radius 3 is 2.44 bits per heavy atom. The van der Waals surface area contributed by atoms with Crippen molar-refractivity contribution >= 4 is 0 Å². The standard InChI is InChI=1S/C5H9FO3/c6-2-3-1-4(7)5(8)9-3/h3-5,7-8H,1-2H2/t3?,4-,5?/m1/s1. The molecule has 3 nitrogen and oxygen atoms in total. The van der Waals surface area contributed by atoms with Gasteiger partial charge in [0.05, 0.1) is 6.10 Å². The number of halogens is 1. The molecule has 0 aromatic carbocycles. The Morgan fingerprint density at radius 1 is 1.56 bits per heavy atom. The molecule has 0 spiro atoms. The number of hydrogen-bond donors (Lipinski definition) is 2. The van der Waals surface area contributed by atoms with E-state index in [-0.39, 0.29) is 6.42 Å². The molecule has 0 saturated carbocycles. The predicted molar refractivity (Wildman–Crippen MR) is 27.5 cm³/mol. The summed E-state index contributed by atoms with van der Waals surface area (Å²) in [6, 6.07) is 0. The van der Waals surface area contributed by atoms with Gasteiger partial charge < -0.3 is 14.9 Å². The lowest BCUT2D eigenvalue weighted by atomic mass is 10.2. The van der Waals surface area contributed by atoms with Gasteiger partial charge in [0.2, 0.25) is 0 Å². The van der Waals surface area contributed by atoms with Crippen LogP contribution in [-0.2, 0) is 4.74 Å². The van der Waals surface area contributed by atoms with Crippen molar-refractivity contribution in [2.24, 2.45) is 0 Å². The van der Waals surface area contributed by atoms with Crippen LogP contribution in [0.2, 0.25) is 0 Å². The first-order valence-electron chi connectivity index (χ1n) is 2.81. The molecular formula is C5H9FO3. The number of aliphatic hydroxyl groups is 2. The molecular weight excluding hydrogens is 127 g/mol. The minimum Gasteiger partial charge on any atom is -0.388 e. The van der Waals surface area contributed by atoms with Crippen molar-refractivity contribution < 1.29 is 19.3 Å². The van der Waals surface area contributed by atoms with Gasteiger partial charge in [0.15, 0.2) is 6.29 Å². The van der Waals surface area contributed by atoms with Crippen LogP contribution in [0.25, 0.3) is 0 Å². The molecule has 3 atom stereocenters. The number of rotatable bonds is 1. The van der Waals surface area contributed by atoms with Crippen molar-refractivity contribution in [3.05, 3.63) is 0 Å². The predicted octanol–water partition coefficient (Wildman–Crippen LogP) is -0.576. The molecule has 1 aliphatic heterocycles. The molecule has 0 bridgehead atoms. The highest BCUT2D eigenvalue weighted by molar-refractivity contribution is 4.74. The van der Waals surface area contributed by atoms with Gasteiger partial charge in [0.25, 0.3) is 0 Å². The Kier molecular flexibility index (Phi) is 2.00. The molecule has 0 amide bonds. The van der Waals surface area contributed by atoms with E-state index in [1.807, 2.05) is 0 Å².